The molecule has 1 amide bonds. The van der Waals surface area contributed by atoms with Crippen molar-refractivity contribution in [3.05, 3.63) is 0 Å². The average molecular weight is 253 g/mol. The Morgan fingerprint density at radius 1 is 1.22 bits per heavy atom. The third-order valence-electron chi connectivity index (χ3n) is 4.54. The van der Waals surface area contributed by atoms with Crippen molar-refractivity contribution in [1.82, 2.24) is 4.90 Å². The van der Waals surface area contributed by atoms with Gasteiger partial charge in [-0.3, -0.25) is 4.79 Å². The monoisotopic (exact) mass is 253 g/mol. The first kappa shape index (κ1) is 15.5. The Kier molecular flexibility index (Phi) is 5.24. The second-order valence-electron chi connectivity index (χ2n) is 6.45. The van der Waals surface area contributed by atoms with Crippen LogP contribution in [0.25, 0.3) is 0 Å². The van der Waals surface area contributed by atoms with Crippen molar-refractivity contribution in [2.75, 3.05) is 0 Å². The fraction of sp³-hybridized carbons (Fsp3) is 0.938. The van der Waals surface area contributed by atoms with Gasteiger partial charge in [0.2, 0.25) is 5.91 Å². The van der Waals surface area contributed by atoms with Gasteiger partial charge in [-0.1, -0.05) is 26.7 Å². The van der Waals surface area contributed by atoms with Crippen molar-refractivity contribution in [1.29, 1.82) is 0 Å². The van der Waals surface area contributed by atoms with Gasteiger partial charge in [0.05, 0.1) is 5.41 Å². The van der Waals surface area contributed by atoms with Crippen molar-refractivity contribution in [3.8, 4) is 0 Å². The van der Waals surface area contributed by atoms with Gasteiger partial charge in [-0.25, -0.2) is 0 Å². The predicted octanol–water partition coefficient (Wildman–Crippen LogP) is 4.24. The van der Waals surface area contributed by atoms with Gasteiger partial charge in [-0.05, 0) is 52.9 Å². The maximum atomic E-state index is 12.8. The SMILES string of the molecule is CCCC[C@@H]1C[C@@]1(CC)C(=O)N(C(C)C)C(C)C. The van der Waals surface area contributed by atoms with Gasteiger partial charge in [-0.2, -0.15) is 0 Å². The lowest BCUT2D eigenvalue weighted by molar-refractivity contribution is -0.141. The minimum Gasteiger partial charge on any atom is -0.337 e. The third kappa shape index (κ3) is 2.89. The largest absolute Gasteiger partial charge is 0.337 e. The standard InChI is InChI=1S/C16H31NO/c1-7-9-10-14-11-16(14,8-2)15(18)17(12(3)4)13(5)6/h12-14H,7-11H2,1-6H3/t14-,16-/m1/s1. The smallest absolute Gasteiger partial charge is 0.229 e. The number of nitrogens with zero attached hydrogens (tertiary/aromatic N) is 1. The van der Waals surface area contributed by atoms with Gasteiger partial charge in [-0.15, -0.1) is 0 Å². The van der Waals surface area contributed by atoms with Gasteiger partial charge in [0.25, 0.3) is 0 Å². The topological polar surface area (TPSA) is 20.3 Å². The highest BCUT2D eigenvalue weighted by Gasteiger charge is 2.59. The van der Waals surface area contributed by atoms with Gasteiger partial charge in [0, 0.05) is 12.1 Å². The zero-order valence-electron chi connectivity index (χ0n) is 13.1. The minimum absolute atomic E-state index is 0.0102. The number of carbonyl (C=O) groups excluding carboxylic acids is 1. The molecule has 0 aliphatic heterocycles. The van der Waals surface area contributed by atoms with Crippen molar-refractivity contribution in [3.63, 3.8) is 0 Å². The Balaban J connectivity index is 2.75. The van der Waals surface area contributed by atoms with E-state index in [0.717, 1.165) is 12.8 Å². The molecular weight excluding hydrogens is 222 g/mol. The van der Waals surface area contributed by atoms with Crippen LogP contribution in [-0.4, -0.2) is 22.9 Å². The molecule has 0 saturated heterocycles. The Morgan fingerprint density at radius 2 is 1.78 bits per heavy atom. The molecule has 0 bridgehead atoms. The molecule has 106 valence electrons. The third-order valence-corrected chi connectivity index (χ3v) is 4.54. The van der Waals surface area contributed by atoms with E-state index in [-0.39, 0.29) is 5.41 Å². The molecule has 2 atom stereocenters. The summed E-state index contributed by atoms with van der Waals surface area (Å²) in [5, 5.41) is 0. The van der Waals surface area contributed by atoms with Crippen LogP contribution in [0.4, 0.5) is 0 Å². The van der Waals surface area contributed by atoms with E-state index >= 15 is 0 Å². The van der Waals surface area contributed by atoms with Gasteiger partial charge >= 0.3 is 0 Å². The zero-order chi connectivity index (χ0) is 13.9. The molecule has 1 rings (SSSR count). The molecule has 1 aliphatic carbocycles. The Labute approximate surface area is 113 Å². The summed E-state index contributed by atoms with van der Waals surface area (Å²) in [5.41, 5.74) is -0.0102. The predicted molar refractivity (Wildman–Crippen MR) is 77.5 cm³/mol. The molecule has 2 heteroatoms. The number of carbonyl (C=O) groups is 1. The molecule has 0 spiro atoms. The summed E-state index contributed by atoms with van der Waals surface area (Å²) in [5.74, 6) is 1.06. The summed E-state index contributed by atoms with van der Waals surface area (Å²) in [7, 11) is 0. The van der Waals surface area contributed by atoms with E-state index < -0.39 is 0 Å². The maximum Gasteiger partial charge on any atom is 0.229 e. The number of hydrogen-bond acceptors (Lipinski definition) is 1. The molecule has 0 aromatic rings. The van der Waals surface area contributed by atoms with Crippen LogP contribution in [0.2, 0.25) is 0 Å². The van der Waals surface area contributed by atoms with E-state index in [1.54, 1.807) is 0 Å². The normalized spacial score (nSPS) is 26.8. The summed E-state index contributed by atoms with van der Waals surface area (Å²) >= 11 is 0. The van der Waals surface area contributed by atoms with E-state index in [0.29, 0.717) is 23.9 Å². The summed E-state index contributed by atoms with van der Waals surface area (Å²) in [6, 6.07) is 0.627. The van der Waals surface area contributed by atoms with Crippen LogP contribution in [0.15, 0.2) is 0 Å². The lowest BCUT2D eigenvalue weighted by atomic mass is 9.94. The molecule has 1 fully saturated rings. The second-order valence-corrected chi connectivity index (χ2v) is 6.45. The molecule has 0 N–H and O–H groups in total. The van der Waals surface area contributed by atoms with Crippen LogP contribution < -0.4 is 0 Å². The summed E-state index contributed by atoms with van der Waals surface area (Å²) in [6.45, 7) is 12.9. The van der Waals surface area contributed by atoms with Crippen LogP contribution in [-0.2, 0) is 4.79 Å². The van der Waals surface area contributed by atoms with Crippen LogP contribution in [0, 0.1) is 11.3 Å². The van der Waals surface area contributed by atoms with Crippen molar-refractivity contribution in [2.24, 2.45) is 11.3 Å². The first-order valence-corrected chi connectivity index (χ1v) is 7.73. The number of amides is 1. The fourth-order valence-corrected chi connectivity index (χ4v) is 3.38. The molecule has 1 aliphatic rings. The molecule has 0 radical (unpaired) electrons. The van der Waals surface area contributed by atoms with Crippen LogP contribution >= 0.6 is 0 Å². The maximum absolute atomic E-state index is 12.8. The molecule has 0 aromatic carbocycles. The molecule has 0 unspecified atom stereocenters. The summed E-state index contributed by atoms with van der Waals surface area (Å²) in [4.78, 5) is 14.9. The molecule has 2 nitrogen and oxygen atoms in total. The number of hydrogen-bond donors (Lipinski definition) is 0. The van der Waals surface area contributed by atoms with Crippen LogP contribution in [0.1, 0.15) is 73.6 Å². The van der Waals surface area contributed by atoms with E-state index in [4.69, 9.17) is 0 Å². The fourth-order valence-electron chi connectivity index (χ4n) is 3.38. The van der Waals surface area contributed by atoms with Crippen molar-refractivity contribution < 1.29 is 4.79 Å². The van der Waals surface area contributed by atoms with E-state index in [1.165, 1.54) is 19.3 Å². The van der Waals surface area contributed by atoms with Crippen molar-refractivity contribution in [2.45, 2.75) is 85.7 Å². The lowest BCUT2D eigenvalue weighted by Crippen LogP contribution is -2.46. The van der Waals surface area contributed by atoms with E-state index in [1.807, 2.05) is 0 Å². The van der Waals surface area contributed by atoms with Crippen LogP contribution in [0.3, 0.4) is 0 Å². The Bertz CT molecular complexity index is 277. The highest BCUT2D eigenvalue weighted by molar-refractivity contribution is 5.86. The molecular formula is C16H31NO. The Morgan fingerprint density at radius 3 is 2.17 bits per heavy atom. The van der Waals surface area contributed by atoms with Gasteiger partial charge in [0.1, 0.15) is 0 Å². The minimum atomic E-state index is -0.0102. The first-order chi connectivity index (χ1) is 8.40. The highest BCUT2D eigenvalue weighted by atomic mass is 16.2. The number of rotatable bonds is 7. The summed E-state index contributed by atoms with van der Waals surface area (Å²) in [6.07, 6.45) is 5.88. The lowest BCUT2D eigenvalue weighted by Gasteiger charge is -2.34. The van der Waals surface area contributed by atoms with E-state index in [2.05, 4.69) is 46.4 Å². The molecule has 1 saturated carbocycles. The molecule has 0 heterocycles. The van der Waals surface area contributed by atoms with Gasteiger partial charge < -0.3 is 4.90 Å². The summed E-state index contributed by atoms with van der Waals surface area (Å²) < 4.78 is 0. The quantitative estimate of drug-likeness (QED) is 0.664. The Hall–Kier alpha value is -0.530. The first-order valence-electron chi connectivity index (χ1n) is 7.73. The van der Waals surface area contributed by atoms with E-state index in [9.17, 15) is 4.79 Å². The van der Waals surface area contributed by atoms with Crippen LogP contribution in [0.5, 0.6) is 0 Å². The molecule has 0 aromatic heterocycles. The zero-order valence-corrected chi connectivity index (χ0v) is 13.1. The molecule has 18 heavy (non-hydrogen) atoms. The van der Waals surface area contributed by atoms with Crippen molar-refractivity contribution >= 4 is 5.91 Å². The number of unbranched alkanes of at least 4 members (excludes halogenated alkanes) is 1. The second kappa shape index (κ2) is 6.08. The highest BCUT2D eigenvalue weighted by Crippen LogP contribution is 2.58. The van der Waals surface area contributed by atoms with Gasteiger partial charge in [0.15, 0.2) is 0 Å². The average Bonchev–Trinajstić information content (AvgIpc) is 3.00.